The second-order valence-electron chi connectivity index (χ2n) is 11.2. The van der Waals surface area contributed by atoms with Crippen LogP contribution in [0.1, 0.15) is 6.85 Å². The van der Waals surface area contributed by atoms with Crippen molar-refractivity contribution in [3.05, 3.63) is 146 Å². The second kappa shape index (κ2) is 9.80. The summed E-state index contributed by atoms with van der Waals surface area (Å²) in [6.45, 7) is 0. The van der Waals surface area contributed by atoms with Crippen molar-refractivity contribution in [3.63, 3.8) is 0 Å². The number of hydrogen-bond acceptors (Lipinski definition) is 4. The van der Waals surface area contributed by atoms with Crippen LogP contribution >= 0.6 is 11.3 Å². The van der Waals surface area contributed by atoms with Gasteiger partial charge >= 0.3 is 0 Å². The van der Waals surface area contributed by atoms with Crippen LogP contribution < -0.4 is 0 Å². The number of fused-ring (bicyclic) bond motifs is 11. The predicted octanol–water partition coefficient (Wildman–Crippen LogP) is 11.0. The fourth-order valence-corrected chi connectivity index (χ4v) is 8.07. The molecule has 0 saturated carbocycles. The number of nitrogens with zero attached hydrogens (tertiary/aromatic N) is 4. The first kappa shape index (κ1) is 20.9. The third-order valence-corrected chi connectivity index (χ3v) is 9.91. The van der Waals surface area contributed by atoms with Gasteiger partial charge < -0.3 is 4.57 Å². The highest BCUT2D eigenvalue weighted by Gasteiger charge is 2.21. The van der Waals surface area contributed by atoms with Crippen LogP contribution in [-0.4, -0.2) is 19.5 Å². The first-order chi connectivity index (χ1) is 24.9. The Morgan fingerprint density at radius 2 is 1.35 bits per heavy atom. The average molecular weight is 610 g/mol. The van der Waals surface area contributed by atoms with E-state index >= 15 is 0 Å². The normalized spacial score (nSPS) is 13.4. The molecule has 0 aliphatic carbocycles. The number of pyridine rings is 1. The van der Waals surface area contributed by atoms with E-state index in [2.05, 4.69) is 94.5 Å². The molecule has 10 aromatic rings. The molecule has 0 saturated heterocycles. The fourth-order valence-electron chi connectivity index (χ4n) is 6.79. The molecule has 0 N–H and O–H groups in total. The molecule has 0 atom stereocenters. The topological polar surface area (TPSA) is 43.6 Å². The summed E-state index contributed by atoms with van der Waals surface area (Å²) in [5, 5.41) is 7.37. The highest BCUT2D eigenvalue weighted by atomic mass is 32.1. The number of hydrogen-bond donors (Lipinski definition) is 0. The molecule has 4 nitrogen and oxygen atoms in total. The lowest BCUT2D eigenvalue weighted by atomic mass is 10.00. The predicted molar refractivity (Wildman–Crippen MR) is 193 cm³/mol. The van der Waals surface area contributed by atoms with Crippen LogP contribution in [0.2, 0.25) is 0 Å². The van der Waals surface area contributed by atoms with Crippen molar-refractivity contribution in [1.29, 1.82) is 0 Å². The Bertz CT molecular complexity index is 3070. The van der Waals surface area contributed by atoms with Gasteiger partial charge in [-0.3, -0.25) is 4.98 Å². The zero-order chi connectivity index (χ0) is 34.5. The molecule has 0 amide bonds. The Balaban J connectivity index is 1.21. The van der Waals surface area contributed by atoms with E-state index in [1.165, 1.54) is 41.7 Å². The van der Waals surface area contributed by atoms with Gasteiger partial charge in [0.1, 0.15) is 11.2 Å². The lowest BCUT2D eigenvalue weighted by Gasteiger charge is -2.12. The number of benzene rings is 6. The number of thiophene rings is 1. The molecule has 6 aromatic carbocycles. The zero-order valence-corrected chi connectivity index (χ0v) is 25.0. The van der Waals surface area contributed by atoms with Gasteiger partial charge in [-0.05, 0) is 53.9 Å². The van der Waals surface area contributed by atoms with E-state index in [1.807, 2.05) is 23.5 Å². The van der Waals surface area contributed by atoms with Crippen LogP contribution in [0.25, 0.3) is 92.1 Å². The zero-order valence-electron chi connectivity index (χ0n) is 29.2. The summed E-state index contributed by atoms with van der Waals surface area (Å²) in [5.41, 5.74) is 5.00. The summed E-state index contributed by atoms with van der Waals surface area (Å²) < 4.78 is 46.8. The largest absolute Gasteiger partial charge is 0.309 e. The van der Waals surface area contributed by atoms with E-state index in [0.29, 0.717) is 16.9 Å². The van der Waals surface area contributed by atoms with Crippen LogP contribution in [0.15, 0.2) is 146 Å². The summed E-state index contributed by atoms with van der Waals surface area (Å²) >= 11 is 1.84. The Hall–Kier alpha value is -5.91. The Morgan fingerprint density at radius 1 is 0.609 bits per heavy atom. The average Bonchev–Trinajstić information content (AvgIpc) is 3.73. The van der Waals surface area contributed by atoms with Crippen LogP contribution in [0.4, 0.5) is 0 Å². The monoisotopic (exact) mass is 609 g/mol. The van der Waals surface area contributed by atoms with Crippen molar-refractivity contribution in [2.45, 2.75) is 0 Å². The van der Waals surface area contributed by atoms with Gasteiger partial charge in [-0.2, -0.15) is 0 Å². The van der Waals surface area contributed by atoms with E-state index in [-0.39, 0.29) is 23.3 Å². The molecule has 5 heteroatoms. The fraction of sp³-hybridized carbons (Fsp3) is 0. The summed E-state index contributed by atoms with van der Waals surface area (Å²) in [6.07, 6.45) is 1.58. The van der Waals surface area contributed by atoms with Crippen molar-refractivity contribution < 1.29 is 6.85 Å². The first-order valence-electron chi connectivity index (χ1n) is 17.5. The van der Waals surface area contributed by atoms with Crippen LogP contribution in [0, 0.1) is 0 Å². The SMILES string of the molecule is [2H]c1c([2H])c([2H])c(-c2nc(-c3ccc(-n4c5ccccc5c5c6sc7ccccc7c6c6ccccc6c54)cc3)nc3cccnc23)c([2H])c1[2H]. The van der Waals surface area contributed by atoms with Crippen molar-refractivity contribution >= 4 is 75.1 Å². The molecule has 0 unspecified atom stereocenters. The van der Waals surface area contributed by atoms with E-state index in [1.54, 1.807) is 18.3 Å². The molecule has 214 valence electrons. The summed E-state index contributed by atoms with van der Waals surface area (Å²) in [7, 11) is 0. The maximum atomic E-state index is 8.64. The van der Waals surface area contributed by atoms with Crippen molar-refractivity contribution in [2.75, 3.05) is 0 Å². The lowest BCUT2D eigenvalue weighted by Crippen LogP contribution is -1.98. The highest BCUT2D eigenvalue weighted by Crippen LogP contribution is 2.47. The van der Waals surface area contributed by atoms with Crippen LogP contribution in [0.5, 0.6) is 0 Å². The molecule has 0 fully saturated rings. The Labute approximate surface area is 274 Å². The third-order valence-electron chi connectivity index (χ3n) is 8.72. The molecular weight excluding hydrogens is 581 g/mol. The van der Waals surface area contributed by atoms with Crippen LogP contribution in [0.3, 0.4) is 0 Å². The standard InChI is InChI=1S/C41H24N4S/c1-2-11-25(12-3-1)37-38-32(17-10-24-42-38)43-41(44-37)26-20-22-27(23-21-26)45-33-18-8-6-15-30(33)36-39(45)29-14-5-4-13-28(29)35-31-16-7-9-19-34(31)46-40(35)36/h1-24H/i1D,2D,3D,11D,12D. The van der Waals surface area contributed by atoms with E-state index < -0.39 is 18.1 Å². The van der Waals surface area contributed by atoms with Gasteiger partial charge in [0.05, 0.1) is 23.4 Å². The first-order valence-corrected chi connectivity index (χ1v) is 15.8. The number of aromatic nitrogens is 4. The van der Waals surface area contributed by atoms with Gasteiger partial charge in [0.15, 0.2) is 5.82 Å². The quantitative estimate of drug-likeness (QED) is 0.200. The van der Waals surface area contributed by atoms with E-state index in [0.717, 1.165) is 22.3 Å². The number of rotatable bonds is 3. The summed E-state index contributed by atoms with van der Waals surface area (Å²) in [5.74, 6) is 0.364. The maximum Gasteiger partial charge on any atom is 0.160 e. The Morgan fingerprint density at radius 3 is 2.20 bits per heavy atom. The van der Waals surface area contributed by atoms with Gasteiger partial charge in [0.25, 0.3) is 0 Å². The van der Waals surface area contributed by atoms with E-state index in [4.69, 9.17) is 16.8 Å². The molecule has 4 aromatic heterocycles. The molecule has 0 radical (unpaired) electrons. The van der Waals surface area contributed by atoms with Gasteiger partial charge in [-0.1, -0.05) is 90.9 Å². The van der Waals surface area contributed by atoms with Crippen molar-refractivity contribution in [2.24, 2.45) is 0 Å². The molecule has 0 bridgehead atoms. The molecule has 0 aliphatic heterocycles. The summed E-state index contributed by atoms with van der Waals surface area (Å²) in [6, 6.07) is 35.5. The van der Waals surface area contributed by atoms with Crippen molar-refractivity contribution in [3.8, 4) is 28.3 Å². The van der Waals surface area contributed by atoms with Crippen LogP contribution in [-0.2, 0) is 0 Å². The van der Waals surface area contributed by atoms with Gasteiger partial charge in [0, 0.05) is 59.3 Å². The molecule has 0 aliphatic rings. The highest BCUT2D eigenvalue weighted by molar-refractivity contribution is 7.27. The third kappa shape index (κ3) is 3.63. The maximum absolute atomic E-state index is 8.64. The second-order valence-corrected chi connectivity index (χ2v) is 12.3. The molecule has 10 rings (SSSR count). The molecule has 0 spiro atoms. The number of para-hydroxylation sites is 1. The van der Waals surface area contributed by atoms with Gasteiger partial charge in [0.2, 0.25) is 0 Å². The summed E-state index contributed by atoms with van der Waals surface area (Å²) in [4.78, 5) is 14.1. The van der Waals surface area contributed by atoms with Crippen molar-refractivity contribution in [1.82, 2.24) is 19.5 Å². The van der Waals surface area contributed by atoms with E-state index in [9.17, 15) is 0 Å². The lowest BCUT2D eigenvalue weighted by molar-refractivity contribution is 1.18. The molecular formula is C41H24N4S. The minimum absolute atomic E-state index is 0.00492. The molecule has 46 heavy (non-hydrogen) atoms. The van der Waals surface area contributed by atoms with Gasteiger partial charge in [-0.15, -0.1) is 11.3 Å². The minimum atomic E-state index is -0.457. The molecule has 4 heterocycles. The van der Waals surface area contributed by atoms with Gasteiger partial charge in [-0.25, -0.2) is 9.97 Å². The minimum Gasteiger partial charge on any atom is -0.309 e. The smallest absolute Gasteiger partial charge is 0.160 e. The Kier molecular flexibility index (Phi) is 4.46.